The van der Waals surface area contributed by atoms with Crippen LogP contribution in [0.5, 0.6) is 0 Å². The van der Waals surface area contributed by atoms with Crippen LogP contribution >= 0.6 is 0 Å². The summed E-state index contributed by atoms with van der Waals surface area (Å²) in [5.41, 5.74) is 2.68. The van der Waals surface area contributed by atoms with Crippen molar-refractivity contribution in [2.24, 2.45) is 0 Å². The second-order valence-electron chi connectivity index (χ2n) is 6.01. The molecule has 1 aromatic heterocycles. The maximum Gasteiger partial charge on any atom is 0.255 e. The fourth-order valence-electron chi connectivity index (χ4n) is 2.62. The Bertz CT molecular complexity index is 695. The van der Waals surface area contributed by atoms with Crippen LogP contribution in [0.15, 0.2) is 24.3 Å². The molecule has 0 fully saturated rings. The first-order valence-corrected chi connectivity index (χ1v) is 8.72. The number of hydrogen-bond acceptors (Lipinski definition) is 3. The predicted molar refractivity (Wildman–Crippen MR) is 95.7 cm³/mol. The largest absolute Gasteiger partial charge is 0.381 e. The Balaban J connectivity index is 1.95. The van der Waals surface area contributed by atoms with Crippen LogP contribution in [0, 0.1) is 19.7 Å². The minimum Gasteiger partial charge on any atom is -0.381 e. The molecule has 0 aliphatic rings. The summed E-state index contributed by atoms with van der Waals surface area (Å²) < 4.78 is 20.2. The number of nitrogens with one attached hydrogen (secondary N) is 1. The first kappa shape index (κ1) is 19.1. The van der Waals surface area contributed by atoms with Crippen LogP contribution in [0.2, 0.25) is 0 Å². The molecule has 2 rings (SSSR count). The molecule has 0 bridgehead atoms. The SMILES string of the molecule is CCCCOCCCNC(=O)c1c(C)nn(-c2ccc(F)cc2)c1C. The van der Waals surface area contributed by atoms with Crippen molar-refractivity contribution in [2.45, 2.75) is 40.0 Å². The number of rotatable bonds is 9. The van der Waals surface area contributed by atoms with Gasteiger partial charge in [0.05, 0.1) is 22.6 Å². The zero-order chi connectivity index (χ0) is 18.2. The van der Waals surface area contributed by atoms with Gasteiger partial charge in [-0.05, 0) is 51.0 Å². The van der Waals surface area contributed by atoms with Crippen molar-refractivity contribution in [3.8, 4) is 5.69 Å². The Hall–Kier alpha value is -2.21. The number of aromatic nitrogens is 2. The number of ether oxygens (including phenoxy) is 1. The maximum atomic E-state index is 13.1. The number of unbranched alkanes of at least 4 members (excludes halogenated alkanes) is 1. The van der Waals surface area contributed by atoms with Gasteiger partial charge in [0.2, 0.25) is 0 Å². The van der Waals surface area contributed by atoms with Gasteiger partial charge in [-0.3, -0.25) is 4.79 Å². The highest BCUT2D eigenvalue weighted by atomic mass is 19.1. The second kappa shape index (κ2) is 9.32. The van der Waals surface area contributed by atoms with Gasteiger partial charge in [0.1, 0.15) is 5.82 Å². The second-order valence-corrected chi connectivity index (χ2v) is 6.01. The Morgan fingerprint density at radius 3 is 2.56 bits per heavy atom. The van der Waals surface area contributed by atoms with Gasteiger partial charge in [0, 0.05) is 19.8 Å². The average Bonchev–Trinajstić information content (AvgIpc) is 2.89. The lowest BCUT2D eigenvalue weighted by Gasteiger charge is -2.07. The molecule has 5 nitrogen and oxygen atoms in total. The summed E-state index contributed by atoms with van der Waals surface area (Å²) in [5, 5.41) is 7.33. The molecule has 0 aliphatic carbocycles. The highest BCUT2D eigenvalue weighted by molar-refractivity contribution is 5.96. The van der Waals surface area contributed by atoms with E-state index >= 15 is 0 Å². The van der Waals surface area contributed by atoms with Gasteiger partial charge in [0.25, 0.3) is 5.91 Å². The van der Waals surface area contributed by atoms with E-state index in [4.69, 9.17) is 4.74 Å². The summed E-state index contributed by atoms with van der Waals surface area (Å²) >= 11 is 0. The Labute approximate surface area is 148 Å². The van der Waals surface area contributed by atoms with Crippen LogP contribution in [0.3, 0.4) is 0 Å². The number of benzene rings is 1. The highest BCUT2D eigenvalue weighted by Crippen LogP contribution is 2.18. The molecule has 0 aliphatic heterocycles. The standard InChI is InChI=1S/C19H26FN3O2/c1-4-5-12-25-13-6-11-21-19(24)18-14(2)22-23(15(18)3)17-9-7-16(20)8-10-17/h7-10H,4-6,11-13H2,1-3H3,(H,21,24). The van der Waals surface area contributed by atoms with Gasteiger partial charge in [0.15, 0.2) is 0 Å². The van der Waals surface area contributed by atoms with E-state index in [2.05, 4.69) is 17.3 Å². The molecule has 0 atom stereocenters. The molecule has 0 radical (unpaired) electrons. The maximum absolute atomic E-state index is 13.1. The Kier molecular flexibility index (Phi) is 7.13. The van der Waals surface area contributed by atoms with Crippen molar-refractivity contribution in [3.63, 3.8) is 0 Å². The van der Waals surface area contributed by atoms with Crippen molar-refractivity contribution >= 4 is 5.91 Å². The van der Waals surface area contributed by atoms with Crippen LogP contribution in [0.25, 0.3) is 5.69 Å². The van der Waals surface area contributed by atoms with Crippen LogP contribution in [0.1, 0.15) is 47.9 Å². The first-order chi connectivity index (χ1) is 12.0. The molecule has 0 saturated heterocycles. The molecule has 1 amide bonds. The summed E-state index contributed by atoms with van der Waals surface area (Å²) in [6.07, 6.45) is 2.96. The Morgan fingerprint density at radius 1 is 1.20 bits per heavy atom. The van der Waals surface area contributed by atoms with Crippen LogP contribution in [-0.4, -0.2) is 35.4 Å². The van der Waals surface area contributed by atoms with Gasteiger partial charge in [-0.25, -0.2) is 9.07 Å². The molecule has 0 unspecified atom stereocenters. The fourth-order valence-corrected chi connectivity index (χ4v) is 2.62. The van der Waals surface area contributed by atoms with E-state index in [0.29, 0.717) is 24.4 Å². The van der Waals surface area contributed by atoms with Gasteiger partial charge < -0.3 is 10.1 Å². The van der Waals surface area contributed by atoms with E-state index in [1.54, 1.807) is 23.7 Å². The number of halogens is 1. The molecule has 1 heterocycles. The monoisotopic (exact) mass is 347 g/mol. The average molecular weight is 347 g/mol. The van der Waals surface area contributed by atoms with E-state index in [9.17, 15) is 9.18 Å². The van der Waals surface area contributed by atoms with Crippen molar-refractivity contribution < 1.29 is 13.9 Å². The lowest BCUT2D eigenvalue weighted by Crippen LogP contribution is -2.26. The van der Waals surface area contributed by atoms with Gasteiger partial charge in [-0.1, -0.05) is 13.3 Å². The lowest BCUT2D eigenvalue weighted by molar-refractivity contribution is 0.0939. The van der Waals surface area contributed by atoms with Gasteiger partial charge in [-0.15, -0.1) is 0 Å². The van der Waals surface area contributed by atoms with E-state index in [1.165, 1.54) is 12.1 Å². The van der Waals surface area contributed by atoms with Crippen LogP contribution in [0.4, 0.5) is 4.39 Å². The van der Waals surface area contributed by atoms with Gasteiger partial charge in [-0.2, -0.15) is 5.10 Å². The lowest BCUT2D eigenvalue weighted by atomic mass is 10.2. The van der Waals surface area contributed by atoms with Crippen molar-refractivity contribution in [1.29, 1.82) is 0 Å². The number of aryl methyl sites for hydroxylation is 1. The zero-order valence-corrected chi connectivity index (χ0v) is 15.1. The molecule has 1 N–H and O–H groups in total. The molecule has 136 valence electrons. The van der Waals surface area contributed by atoms with Crippen molar-refractivity contribution in [1.82, 2.24) is 15.1 Å². The van der Waals surface area contributed by atoms with E-state index in [-0.39, 0.29) is 11.7 Å². The number of carbonyl (C=O) groups is 1. The van der Waals surface area contributed by atoms with Crippen molar-refractivity contribution in [2.75, 3.05) is 19.8 Å². The van der Waals surface area contributed by atoms with Crippen LogP contribution < -0.4 is 5.32 Å². The Morgan fingerprint density at radius 2 is 1.88 bits per heavy atom. The van der Waals surface area contributed by atoms with Gasteiger partial charge >= 0.3 is 0 Å². The molecule has 1 aromatic carbocycles. The minimum absolute atomic E-state index is 0.142. The quantitative estimate of drug-likeness (QED) is 0.706. The molecular weight excluding hydrogens is 321 g/mol. The summed E-state index contributed by atoms with van der Waals surface area (Å²) in [5.74, 6) is -0.443. The normalized spacial score (nSPS) is 10.9. The van der Waals surface area contributed by atoms with E-state index in [0.717, 1.165) is 37.3 Å². The number of carbonyl (C=O) groups excluding carboxylic acids is 1. The molecule has 6 heteroatoms. The number of hydrogen-bond donors (Lipinski definition) is 1. The third-order valence-corrected chi connectivity index (χ3v) is 3.98. The minimum atomic E-state index is -0.301. The predicted octanol–water partition coefficient (Wildman–Crippen LogP) is 3.56. The zero-order valence-electron chi connectivity index (χ0n) is 15.1. The smallest absolute Gasteiger partial charge is 0.255 e. The molecule has 0 saturated carbocycles. The summed E-state index contributed by atoms with van der Waals surface area (Å²) in [6.45, 7) is 7.74. The summed E-state index contributed by atoms with van der Waals surface area (Å²) in [6, 6.07) is 6.04. The highest BCUT2D eigenvalue weighted by Gasteiger charge is 2.19. The topological polar surface area (TPSA) is 56.1 Å². The summed E-state index contributed by atoms with van der Waals surface area (Å²) in [7, 11) is 0. The van der Waals surface area contributed by atoms with Crippen LogP contribution in [-0.2, 0) is 4.74 Å². The number of nitrogens with zero attached hydrogens (tertiary/aromatic N) is 2. The third kappa shape index (κ3) is 5.13. The molecule has 0 spiro atoms. The number of amides is 1. The third-order valence-electron chi connectivity index (χ3n) is 3.98. The summed E-state index contributed by atoms with van der Waals surface area (Å²) in [4.78, 5) is 12.5. The van der Waals surface area contributed by atoms with E-state index < -0.39 is 0 Å². The molecule has 25 heavy (non-hydrogen) atoms. The molecule has 2 aromatic rings. The van der Waals surface area contributed by atoms with Crippen molar-refractivity contribution in [3.05, 3.63) is 47.0 Å². The first-order valence-electron chi connectivity index (χ1n) is 8.72. The molecular formula is C19H26FN3O2. The van der Waals surface area contributed by atoms with E-state index in [1.807, 2.05) is 6.92 Å². The fraction of sp³-hybridized carbons (Fsp3) is 0.474.